The van der Waals surface area contributed by atoms with Crippen LogP contribution in [-0.2, 0) is 9.53 Å². The number of hydrogen-bond acceptors (Lipinski definition) is 4. The standard InChI is InChI=1S/C34H39NO4/c1-32-13-12-25-17-24-8-9-26(35-20-27(36)18-29(35)31(37)38)19-33(24)14-15-34(25,39-33)30(32)11-10-28(32)23-7-6-21-4-2-3-5-22(21)16-23/h2-7,12,16-17,26-30,36H,8-11,13-15,18-20H2,1H3,(H,37,38)/t26-,27+,28?,29-,30+,32+,33+,34?/m0/s1. The molecule has 4 fully saturated rings. The number of carbonyl (C=O) groups is 1. The number of fused-ring (bicyclic) bond motifs is 2. The van der Waals surface area contributed by atoms with Crippen LogP contribution in [0.3, 0.4) is 0 Å². The number of carboxylic acid groups (broad SMARTS) is 1. The molecular weight excluding hydrogens is 486 g/mol. The maximum absolute atomic E-state index is 12.0. The van der Waals surface area contributed by atoms with E-state index >= 15 is 0 Å². The van der Waals surface area contributed by atoms with Gasteiger partial charge in [-0.15, -0.1) is 0 Å². The quantitative estimate of drug-likeness (QED) is 0.517. The zero-order valence-electron chi connectivity index (χ0n) is 22.8. The Morgan fingerprint density at radius 1 is 1.08 bits per heavy atom. The number of ether oxygens (including phenoxy) is 1. The monoisotopic (exact) mass is 525 g/mol. The Bertz CT molecular complexity index is 1430. The van der Waals surface area contributed by atoms with Gasteiger partial charge in [0.25, 0.3) is 0 Å². The second kappa shape index (κ2) is 8.28. The summed E-state index contributed by atoms with van der Waals surface area (Å²) in [5.74, 6) is 0.197. The van der Waals surface area contributed by atoms with Crippen molar-refractivity contribution in [3.8, 4) is 0 Å². The van der Waals surface area contributed by atoms with Crippen LogP contribution in [0.5, 0.6) is 0 Å². The Labute approximate surface area is 230 Å². The summed E-state index contributed by atoms with van der Waals surface area (Å²) >= 11 is 0. The highest BCUT2D eigenvalue weighted by atomic mass is 16.5. The predicted molar refractivity (Wildman–Crippen MR) is 150 cm³/mol. The first-order valence-electron chi connectivity index (χ1n) is 15.1. The Morgan fingerprint density at radius 2 is 1.92 bits per heavy atom. The number of nitrogens with zero attached hydrogens (tertiary/aromatic N) is 1. The first kappa shape index (κ1) is 24.3. The van der Waals surface area contributed by atoms with Crippen LogP contribution in [0.1, 0.15) is 76.2 Å². The molecule has 6 aliphatic rings. The maximum Gasteiger partial charge on any atom is 0.321 e. The molecule has 5 heteroatoms. The van der Waals surface area contributed by atoms with E-state index in [1.54, 1.807) is 0 Å². The van der Waals surface area contributed by atoms with Crippen LogP contribution in [0.2, 0.25) is 0 Å². The number of allylic oxidation sites excluding steroid dienone is 1. The van der Waals surface area contributed by atoms with Crippen molar-refractivity contribution >= 4 is 16.7 Å². The number of benzene rings is 2. The molecule has 2 N–H and O–H groups in total. The Morgan fingerprint density at radius 3 is 2.77 bits per heavy atom. The molecule has 2 spiro atoms. The number of aliphatic hydroxyl groups excluding tert-OH is 1. The molecule has 204 valence electrons. The average Bonchev–Trinajstić information content (AvgIpc) is 3.59. The summed E-state index contributed by atoms with van der Waals surface area (Å²) in [5, 5.41) is 22.8. The highest BCUT2D eigenvalue weighted by Gasteiger charge is 2.67. The van der Waals surface area contributed by atoms with Crippen molar-refractivity contribution in [2.75, 3.05) is 6.54 Å². The Balaban J connectivity index is 1.12. The van der Waals surface area contributed by atoms with Gasteiger partial charge in [0.15, 0.2) is 0 Å². The Kier molecular flexibility index (Phi) is 5.17. The van der Waals surface area contributed by atoms with Gasteiger partial charge in [-0.3, -0.25) is 9.69 Å². The summed E-state index contributed by atoms with van der Waals surface area (Å²) in [7, 11) is 0. The summed E-state index contributed by atoms with van der Waals surface area (Å²) < 4.78 is 7.45. The summed E-state index contributed by atoms with van der Waals surface area (Å²) in [6, 6.07) is 15.3. The van der Waals surface area contributed by atoms with Crippen LogP contribution in [0.15, 0.2) is 65.8 Å². The third kappa shape index (κ3) is 3.33. The zero-order valence-corrected chi connectivity index (χ0v) is 22.8. The van der Waals surface area contributed by atoms with Gasteiger partial charge in [-0.25, -0.2) is 0 Å². The molecule has 0 radical (unpaired) electrons. The molecule has 3 aliphatic carbocycles. The van der Waals surface area contributed by atoms with Crippen LogP contribution in [0.25, 0.3) is 10.8 Å². The van der Waals surface area contributed by atoms with Crippen LogP contribution in [0, 0.1) is 11.3 Å². The molecule has 2 bridgehead atoms. The van der Waals surface area contributed by atoms with E-state index in [1.165, 1.54) is 40.3 Å². The molecule has 0 aromatic heterocycles. The predicted octanol–water partition coefficient (Wildman–Crippen LogP) is 5.97. The highest BCUT2D eigenvalue weighted by Crippen LogP contribution is 2.69. The molecule has 2 aromatic rings. The van der Waals surface area contributed by atoms with Crippen molar-refractivity contribution < 1.29 is 19.7 Å². The molecule has 2 aromatic carbocycles. The first-order valence-corrected chi connectivity index (χ1v) is 15.1. The average molecular weight is 526 g/mol. The maximum atomic E-state index is 12.0. The molecular formula is C34H39NO4. The lowest BCUT2D eigenvalue weighted by Crippen LogP contribution is -2.56. The van der Waals surface area contributed by atoms with Gasteiger partial charge < -0.3 is 14.9 Å². The largest absolute Gasteiger partial charge is 0.480 e. The van der Waals surface area contributed by atoms with E-state index in [-0.39, 0.29) is 22.7 Å². The first-order chi connectivity index (χ1) is 18.8. The van der Waals surface area contributed by atoms with Gasteiger partial charge in [-0.1, -0.05) is 61.5 Å². The summed E-state index contributed by atoms with van der Waals surface area (Å²) in [6.07, 6.45) is 13.1. The fourth-order valence-electron chi connectivity index (χ4n) is 10.1. The third-order valence-electron chi connectivity index (χ3n) is 11.9. The smallest absolute Gasteiger partial charge is 0.321 e. The molecule has 39 heavy (non-hydrogen) atoms. The van der Waals surface area contributed by atoms with Gasteiger partial charge >= 0.3 is 5.97 Å². The second-order valence-corrected chi connectivity index (χ2v) is 13.7. The van der Waals surface area contributed by atoms with Crippen LogP contribution in [0.4, 0.5) is 0 Å². The van der Waals surface area contributed by atoms with Crippen LogP contribution < -0.4 is 0 Å². The topological polar surface area (TPSA) is 70.0 Å². The minimum atomic E-state index is -0.809. The minimum absolute atomic E-state index is 0.144. The van der Waals surface area contributed by atoms with Crippen molar-refractivity contribution in [1.29, 1.82) is 0 Å². The molecule has 3 aliphatic heterocycles. The fraction of sp³-hybridized carbons (Fsp3) is 0.559. The lowest BCUT2D eigenvalue weighted by molar-refractivity contribution is -0.150. The number of aliphatic hydroxyl groups is 1. The molecule has 8 rings (SSSR count). The van der Waals surface area contributed by atoms with E-state index in [0.717, 1.165) is 38.5 Å². The SMILES string of the molecule is C[C@]12CC=C3C=C4CC[C@H](N5C[C@H](O)C[C@H]5C(=O)O)C[C@]45CCC3(O5)[C@@H]1CCC2c1ccc2ccccc2c1. The molecule has 0 amide bonds. The van der Waals surface area contributed by atoms with Crippen molar-refractivity contribution in [3.63, 3.8) is 0 Å². The van der Waals surface area contributed by atoms with Crippen molar-refractivity contribution in [2.24, 2.45) is 11.3 Å². The summed E-state index contributed by atoms with van der Waals surface area (Å²) in [4.78, 5) is 14.1. The number of aliphatic carboxylic acids is 1. The molecule has 2 saturated heterocycles. The van der Waals surface area contributed by atoms with E-state index in [2.05, 4.69) is 66.4 Å². The zero-order chi connectivity index (χ0) is 26.6. The van der Waals surface area contributed by atoms with Crippen molar-refractivity contribution in [3.05, 3.63) is 71.3 Å². The van der Waals surface area contributed by atoms with Gasteiger partial charge in [0, 0.05) is 19.0 Å². The van der Waals surface area contributed by atoms with Gasteiger partial charge in [-0.05, 0) is 96.1 Å². The number of β-amino-alcohol motifs (C(OH)–C–C–N with tert-alkyl or cyclic N) is 1. The van der Waals surface area contributed by atoms with E-state index in [0.29, 0.717) is 24.8 Å². The minimum Gasteiger partial charge on any atom is -0.480 e. The molecule has 5 nitrogen and oxygen atoms in total. The Hall–Kier alpha value is -2.47. The van der Waals surface area contributed by atoms with E-state index in [4.69, 9.17) is 4.74 Å². The molecule has 2 saturated carbocycles. The third-order valence-corrected chi connectivity index (χ3v) is 11.9. The molecule has 8 atom stereocenters. The van der Waals surface area contributed by atoms with Crippen molar-refractivity contribution in [1.82, 2.24) is 4.90 Å². The van der Waals surface area contributed by atoms with E-state index in [1.807, 2.05) is 0 Å². The number of carboxylic acids is 1. The normalized spacial score (nSPS) is 43.0. The van der Waals surface area contributed by atoms with Crippen molar-refractivity contribution in [2.45, 2.75) is 100 Å². The van der Waals surface area contributed by atoms with E-state index < -0.39 is 18.1 Å². The number of hydrogen-bond donors (Lipinski definition) is 2. The highest BCUT2D eigenvalue weighted by molar-refractivity contribution is 5.83. The number of likely N-dealkylation sites (tertiary alicyclic amines) is 1. The van der Waals surface area contributed by atoms with Gasteiger partial charge in [0.05, 0.1) is 17.3 Å². The van der Waals surface area contributed by atoms with Crippen LogP contribution >= 0.6 is 0 Å². The van der Waals surface area contributed by atoms with E-state index in [9.17, 15) is 15.0 Å². The molecule has 3 heterocycles. The molecule has 2 unspecified atom stereocenters. The summed E-state index contributed by atoms with van der Waals surface area (Å²) in [6.45, 7) is 2.98. The van der Waals surface area contributed by atoms with Gasteiger partial charge in [0.2, 0.25) is 0 Å². The number of rotatable bonds is 3. The van der Waals surface area contributed by atoms with Gasteiger partial charge in [-0.2, -0.15) is 0 Å². The fourth-order valence-corrected chi connectivity index (χ4v) is 10.1. The van der Waals surface area contributed by atoms with Crippen LogP contribution in [-0.4, -0.2) is 57.0 Å². The van der Waals surface area contributed by atoms with Gasteiger partial charge in [0.1, 0.15) is 6.04 Å². The lowest BCUT2D eigenvalue weighted by atomic mass is 9.58. The lowest BCUT2D eigenvalue weighted by Gasteiger charge is -2.55. The second-order valence-electron chi connectivity index (χ2n) is 13.7. The summed E-state index contributed by atoms with van der Waals surface area (Å²) in [5.41, 5.74) is 3.97.